The molecule has 0 aliphatic carbocycles. The van der Waals surface area contributed by atoms with Gasteiger partial charge in [-0.05, 0) is 43.2 Å². The monoisotopic (exact) mass is 366 g/mol. The van der Waals surface area contributed by atoms with Gasteiger partial charge in [0.2, 0.25) is 0 Å². The zero-order valence-corrected chi connectivity index (χ0v) is 15.6. The Labute approximate surface area is 158 Å². The van der Waals surface area contributed by atoms with Crippen molar-refractivity contribution in [3.8, 4) is 11.5 Å². The Morgan fingerprint density at radius 1 is 1.07 bits per heavy atom. The van der Waals surface area contributed by atoms with Crippen molar-refractivity contribution in [1.82, 2.24) is 10.2 Å². The van der Waals surface area contributed by atoms with Crippen LogP contribution in [0.5, 0.6) is 11.5 Å². The molecule has 1 fully saturated rings. The maximum absolute atomic E-state index is 12.0. The Morgan fingerprint density at radius 2 is 1.89 bits per heavy atom. The Balaban J connectivity index is 1.80. The van der Waals surface area contributed by atoms with Gasteiger partial charge in [0, 0.05) is 7.05 Å². The molecule has 0 radical (unpaired) electrons. The lowest BCUT2D eigenvalue weighted by Gasteiger charge is -2.13. The molecular formula is C21H22N2O4. The molecule has 1 aliphatic heterocycles. The minimum atomic E-state index is -0.436. The summed E-state index contributed by atoms with van der Waals surface area (Å²) in [5.74, 6) is 0.849. The Bertz CT molecular complexity index is 905. The quantitative estimate of drug-likeness (QED) is 0.628. The number of carbonyl (C=O) groups is 2. The first-order valence-electron chi connectivity index (χ1n) is 8.74. The van der Waals surface area contributed by atoms with Gasteiger partial charge in [-0.1, -0.05) is 35.9 Å². The van der Waals surface area contributed by atoms with Crippen LogP contribution in [0.4, 0.5) is 4.79 Å². The molecule has 0 aromatic heterocycles. The molecule has 140 valence electrons. The lowest BCUT2D eigenvalue weighted by molar-refractivity contribution is -0.121. The largest absolute Gasteiger partial charge is 0.490 e. The van der Waals surface area contributed by atoms with Crippen molar-refractivity contribution in [2.75, 3.05) is 13.7 Å². The van der Waals surface area contributed by atoms with E-state index in [0.29, 0.717) is 24.7 Å². The Kier molecular flexibility index (Phi) is 5.45. The van der Waals surface area contributed by atoms with E-state index in [0.717, 1.165) is 16.0 Å². The summed E-state index contributed by atoms with van der Waals surface area (Å²) < 4.78 is 11.6. The molecule has 0 saturated carbocycles. The number of benzene rings is 2. The summed E-state index contributed by atoms with van der Waals surface area (Å²) in [6.07, 6.45) is 1.62. The molecule has 1 N–H and O–H groups in total. The van der Waals surface area contributed by atoms with Crippen LogP contribution in [0.1, 0.15) is 23.6 Å². The molecule has 1 heterocycles. The second-order valence-corrected chi connectivity index (χ2v) is 6.27. The Hall–Kier alpha value is -3.28. The predicted molar refractivity (Wildman–Crippen MR) is 102 cm³/mol. The second kappa shape index (κ2) is 7.95. The van der Waals surface area contributed by atoms with Crippen LogP contribution in [0.25, 0.3) is 6.08 Å². The number of urea groups is 1. The van der Waals surface area contributed by atoms with E-state index >= 15 is 0 Å². The highest BCUT2D eigenvalue weighted by Crippen LogP contribution is 2.30. The smallest absolute Gasteiger partial charge is 0.328 e. The van der Waals surface area contributed by atoms with Gasteiger partial charge in [0.05, 0.1) is 6.61 Å². The van der Waals surface area contributed by atoms with E-state index in [2.05, 4.69) is 11.4 Å². The van der Waals surface area contributed by atoms with Gasteiger partial charge in [0.15, 0.2) is 11.5 Å². The number of ether oxygens (including phenoxy) is 2. The fourth-order valence-electron chi connectivity index (χ4n) is 2.75. The first kappa shape index (κ1) is 18.5. The topological polar surface area (TPSA) is 67.9 Å². The summed E-state index contributed by atoms with van der Waals surface area (Å²) in [6, 6.07) is 13.1. The van der Waals surface area contributed by atoms with E-state index in [1.54, 1.807) is 18.2 Å². The highest BCUT2D eigenvalue weighted by Gasteiger charge is 2.29. The molecule has 0 atom stereocenters. The van der Waals surface area contributed by atoms with Gasteiger partial charge in [-0.25, -0.2) is 4.79 Å². The second-order valence-electron chi connectivity index (χ2n) is 6.27. The van der Waals surface area contributed by atoms with Crippen LogP contribution in [0, 0.1) is 6.92 Å². The van der Waals surface area contributed by atoms with Gasteiger partial charge >= 0.3 is 6.03 Å². The molecule has 27 heavy (non-hydrogen) atoms. The summed E-state index contributed by atoms with van der Waals surface area (Å²) in [5, 5.41) is 2.55. The number of rotatable bonds is 6. The van der Waals surface area contributed by atoms with Crippen LogP contribution < -0.4 is 14.8 Å². The summed E-state index contributed by atoms with van der Waals surface area (Å²) in [4.78, 5) is 24.6. The van der Waals surface area contributed by atoms with E-state index in [1.165, 1.54) is 12.6 Å². The number of likely N-dealkylation sites (N-methyl/N-ethyl adjacent to an activating group) is 1. The first-order valence-corrected chi connectivity index (χ1v) is 8.74. The van der Waals surface area contributed by atoms with Crippen LogP contribution in [0.15, 0.2) is 48.2 Å². The standard InChI is InChI=1S/C21H22N2O4/c1-4-26-19-12-15(11-17-20(24)23(3)21(25)22-17)8-9-18(19)27-13-16-7-5-6-14(2)10-16/h5-12H,4,13H2,1-3H3,(H,22,25)/b17-11+. The molecule has 0 bridgehead atoms. The maximum Gasteiger partial charge on any atom is 0.328 e. The van der Waals surface area contributed by atoms with E-state index in [4.69, 9.17) is 9.47 Å². The lowest BCUT2D eigenvalue weighted by atomic mass is 10.1. The highest BCUT2D eigenvalue weighted by atomic mass is 16.5. The number of carbonyl (C=O) groups excluding carboxylic acids is 2. The average Bonchev–Trinajstić information content (AvgIpc) is 2.88. The number of nitrogens with one attached hydrogen (secondary N) is 1. The number of amides is 3. The summed E-state index contributed by atoms with van der Waals surface area (Å²) in [5.41, 5.74) is 3.22. The van der Waals surface area contributed by atoms with Crippen molar-refractivity contribution >= 4 is 18.0 Å². The zero-order chi connectivity index (χ0) is 19.4. The first-order chi connectivity index (χ1) is 13.0. The van der Waals surface area contributed by atoms with E-state index in [-0.39, 0.29) is 11.6 Å². The van der Waals surface area contributed by atoms with Crippen molar-refractivity contribution in [2.24, 2.45) is 0 Å². The lowest BCUT2D eigenvalue weighted by Crippen LogP contribution is -2.25. The van der Waals surface area contributed by atoms with Crippen molar-refractivity contribution in [2.45, 2.75) is 20.5 Å². The van der Waals surface area contributed by atoms with Crippen LogP contribution >= 0.6 is 0 Å². The minimum absolute atomic E-state index is 0.235. The fourth-order valence-corrected chi connectivity index (χ4v) is 2.75. The van der Waals surface area contributed by atoms with Gasteiger partial charge in [0.25, 0.3) is 5.91 Å². The third kappa shape index (κ3) is 4.28. The predicted octanol–water partition coefficient (Wildman–Crippen LogP) is 3.50. The molecule has 2 aromatic rings. The van der Waals surface area contributed by atoms with E-state index in [9.17, 15) is 9.59 Å². The SMILES string of the molecule is CCOc1cc(/C=C2/NC(=O)N(C)C2=O)ccc1OCc1cccc(C)c1. The highest BCUT2D eigenvalue weighted by molar-refractivity contribution is 6.13. The average molecular weight is 366 g/mol. The number of hydrogen-bond donors (Lipinski definition) is 1. The van der Waals surface area contributed by atoms with Crippen molar-refractivity contribution in [1.29, 1.82) is 0 Å². The minimum Gasteiger partial charge on any atom is -0.490 e. The number of aryl methyl sites for hydroxylation is 1. The third-order valence-corrected chi connectivity index (χ3v) is 4.14. The molecular weight excluding hydrogens is 344 g/mol. The van der Waals surface area contributed by atoms with Crippen LogP contribution in [0.2, 0.25) is 0 Å². The van der Waals surface area contributed by atoms with Gasteiger partial charge in [-0.3, -0.25) is 9.69 Å². The van der Waals surface area contributed by atoms with Crippen molar-refractivity contribution < 1.29 is 19.1 Å². The molecule has 0 spiro atoms. The summed E-state index contributed by atoms with van der Waals surface area (Å²) in [7, 11) is 1.44. The van der Waals surface area contributed by atoms with Gasteiger partial charge in [-0.15, -0.1) is 0 Å². The maximum atomic E-state index is 12.0. The molecule has 3 rings (SSSR count). The van der Waals surface area contributed by atoms with Crippen molar-refractivity contribution in [3.63, 3.8) is 0 Å². The van der Waals surface area contributed by atoms with Crippen LogP contribution in [-0.4, -0.2) is 30.5 Å². The van der Waals surface area contributed by atoms with Crippen molar-refractivity contribution in [3.05, 3.63) is 64.9 Å². The number of nitrogens with zero attached hydrogens (tertiary/aromatic N) is 1. The van der Waals surface area contributed by atoms with Gasteiger partial charge < -0.3 is 14.8 Å². The molecule has 0 unspecified atom stereocenters. The molecule has 6 nitrogen and oxygen atoms in total. The number of imide groups is 1. The van der Waals surface area contributed by atoms with Gasteiger partial charge in [0.1, 0.15) is 12.3 Å². The Morgan fingerprint density at radius 3 is 2.56 bits per heavy atom. The normalized spacial score (nSPS) is 15.2. The molecule has 1 saturated heterocycles. The van der Waals surface area contributed by atoms with Crippen LogP contribution in [0.3, 0.4) is 0 Å². The fraction of sp³-hybridized carbons (Fsp3) is 0.238. The van der Waals surface area contributed by atoms with Crippen LogP contribution in [-0.2, 0) is 11.4 Å². The summed E-state index contributed by atoms with van der Waals surface area (Å²) >= 11 is 0. The molecule has 2 aromatic carbocycles. The molecule has 1 aliphatic rings. The zero-order valence-electron chi connectivity index (χ0n) is 15.6. The van der Waals surface area contributed by atoms with Gasteiger partial charge in [-0.2, -0.15) is 0 Å². The summed E-state index contributed by atoms with van der Waals surface area (Å²) in [6.45, 7) is 4.85. The third-order valence-electron chi connectivity index (χ3n) is 4.14. The van der Waals surface area contributed by atoms with E-state index < -0.39 is 6.03 Å². The van der Waals surface area contributed by atoms with E-state index in [1.807, 2.05) is 38.1 Å². The molecule has 3 amide bonds. The molecule has 6 heteroatoms. The number of hydrogen-bond acceptors (Lipinski definition) is 4.